The standard InChI is InChI=1S/C9H17NO/c1-8(6-11-7-8)5-10-9(2)3-4-9/h10H,3-7H2,1-2H3. The van der Waals surface area contributed by atoms with E-state index in [1.54, 1.807) is 0 Å². The highest BCUT2D eigenvalue weighted by Gasteiger charge is 2.40. The molecule has 0 unspecified atom stereocenters. The van der Waals surface area contributed by atoms with Gasteiger partial charge in [0, 0.05) is 17.5 Å². The van der Waals surface area contributed by atoms with Crippen molar-refractivity contribution < 1.29 is 4.74 Å². The van der Waals surface area contributed by atoms with Crippen LogP contribution in [0.25, 0.3) is 0 Å². The largest absolute Gasteiger partial charge is 0.380 e. The van der Waals surface area contributed by atoms with Crippen LogP contribution in [-0.2, 0) is 4.74 Å². The molecule has 0 spiro atoms. The van der Waals surface area contributed by atoms with Crippen molar-refractivity contribution in [2.75, 3.05) is 19.8 Å². The summed E-state index contributed by atoms with van der Waals surface area (Å²) in [5.74, 6) is 0. The van der Waals surface area contributed by atoms with E-state index in [1.165, 1.54) is 12.8 Å². The molecule has 1 saturated carbocycles. The van der Waals surface area contributed by atoms with Crippen molar-refractivity contribution in [3.8, 4) is 0 Å². The van der Waals surface area contributed by atoms with E-state index in [4.69, 9.17) is 4.74 Å². The number of rotatable bonds is 3. The molecule has 1 N–H and O–H groups in total. The Morgan fingerprint density at radius 2 is 1.91 bits per heavy atom. The van der Waals surface area contributed by atoms with Gasteiger partial charge in [0.15, 0.2) is 0 Å². The van der Waals surface area contributed by atoms with Crippen LogP contribution in [0.4, 0.5) is 0 Å². The van der Waals surface area contributed by atoms with Gasteiger partial charge in [-0.25, -0.2) is 0 Å². The van der Waals surface area contributed by atoms with Crippen LogP contribution in [0.15, 0.2) is 0 Å². The molecule has 1 aliphatic heterocycles. The van der Waals surface area contributed by atoms with Gasteiger partial charge in [0.2, 0.25) is 0 Å². The Balaban J connectivity index is 1.73. The summed E-state index contributed by atoms with van der Waals surface area (Å²) in [7, 11) is 0. The van der Waals surface area contributed by atoms with Gasteiger partial charge < -0.3 is 10.1 Å². The topological polar surface area (TPSA) is 21.3 Å². The molecule has 64 valence electrons. The van der Waals surface area contributed by atoms with Crippen molar-refractivity contribution in [3.63, 3.8) is 0 Å². The predicted molar refractivity (Wildman–Crippen MR) is 44.6 cm³/mol. The monoisotopic (exact) mass is 155 g/mol. The summed E-state index contributed by atoms with van der Waals surface area (Å²) in [6.07, 6.45) is 2.70. The fraction of sp³-hybridized carbons (Fsp3) is 1.00. The van der Waals surface area contributed by atoms with E-state index in [1.807, 2.05) is 0 Å². The fourth-order valence-corrected chi connectivity index (χ4v) is 1.34. The van der Waals surface area contributed by atoms with E-state index in [-0.39, 0.29) is 0 Å². The Kier molecular flexibility index (Phi) is 1.52. The fourth-order valence-electron chi connectivity index (χ4n) is 1.34. The number of hydrogen-bond acceptors (Lipinski definition) is 2. The van der Waals surface area contributed by atoms with E-state index in [0.717, 1.165) is 19.8 Å². The predicted octanol–water partition coefficient (Wildman–Crippen LogP) is 1.17. The molecule has 11 heavy (non-hydrogen) atoms. The molecule has 0 aromatic carbocycles. The highest BCUT2D eigenvalue weighted by Crippen LogP contribution is 2.36. The van der Waals surface area contributed by atoms with Crippen LogP contribution in [0.5, 0.6) is 0 Å². The zero-order valence-corrected chi connectivity index (χ0v) is 7.44. The van der Waals surface area contributed by atoms with Crippen LogP contribution in [0, 0.1) is 5.41 Å². The van der Waals surface area contributed by atoms with Crippen LogP contribution in [-0.4, -0.2) is 25.3 Å². The molecule has 2 heteroatoms. The molecule has 0 aromatic heterocycles. The Morgan fingerprint density at radius 1 is 1.27 bits per heavy atom. The van der Waals surface area contributed by atoms with E-state index < -0.39 is 0 Å². The summed E-state index contributed by atoms with van der Waals surface area (Å²) < 4.78 is 5.18. The number of nitrogens with one attached hydrogen (secondary N) is 1. The zero-order valence-electron chi connectivity index (χ0n) is 7.44. The van der Waals surface area contributed by atoms with E-state index in [2.05, 4.69) is 19.2 Å². The summed E-state index contributed by atoms with van der Waals surface area (Å²) in [5, 5.41) is 3.60. The highest BCUT2D eigenvalue weighted by atomic mass is 16.5. The molecule has 1 heterocycles. The summed E-state index contributed by atoms with van der Waals surface area (Å²) in [6, 6.07) is 0. The second-order valence-corrected chi connectivity index (χ2v) is 4.72. The van der Waals surface area contributed by atoms with Gasteiger partial charge in [-0.3, -0.25) is 0 Å². The van der Waals surface area contributed by atoms with Crippen LogP contribution in [0.2, 0.25) is 0 Å². The lowest BCUT2D eigenvalue weighted by atomic mass is 9.88. The summed E-state index contributed by atoms with van der Waals surface area (Å²) in [4.78, 5) is 0. The molecule has 0 amide bonds. The first kappa shape index (κ1) is 7.56. The van der Waals surface area contributed by atoms with E-state index in [0.29, 0.717) is 11.0 Å². The second-order valence-electron chi connectivity index (χ2n) is 4.72. The zero-order chi connectivity index (χ0) is 7.95. The molecule has 2 fully saturated rings. The van der Waals surface area contributed by atoms with Gasteiger partial charge in [0.25, 0.3) is 0 Å². The van der Waals surface area contributed by atoms with Gasteiger partial charge in [0.05, 0.1) is 13.2 Å². The molecule has 1 aliphatic carbocycles. The molecule has 0 bridgehead atoms. The van der Waals surface area contributed by atoms with Gasteiger partial charge in [-0.2, -0.15) is 0 Å². The third kappa shape index (κ3) is 1.57. The Labute approximate surface area is 68.3 Å². The van der Waals surface area contributed by atoms with Crippen molar-refractivity contribution in [3.05, 3.63) is 0 Å². The maximum absolute atomic E-state index is 5.18. The minimum atomic E-state index is 0.436. The smallest absolute Gasteiger partial charge is 0.0554 e. The molecule has 2 rings (SSSR count). The third-order valence-electron chi connectivity index (χ3n) is 2.84. The van der Waals surface area contributed by atoms with Crippen LogP contribution < -0.4 is 5.32 Å². The normalized spacial score (nSPS) is 31.1. The SMILES string of the molecule is CC1(CNC2(C)CC2)COC1. The van der Waals surface area contributed by atoms with Gasteiger partial charge in [-0.1, -0.05) is 6.92 Å². The maximum Gasteiger partial charge on any atom is 0.0554 e. The molecular formula is C9H17NO. The van der Waals surface area contributed by atoms with Crippen LogP contribution in [0.3, 0.4) is 0 Å². The van der Waals surface area contributed by atoms with Crippen molar-refractivity contribution in [1.29, 1.82) is 0 Å². The Hall–Kier alpha value is -0.0800. The van der Waals surface area contributed by atoms with Gasteiger partial charge in [-0.05, 0) is 19.8 Å². The lowest BCUT2D eigenvalue weighted by molar-refractivity contribution is -0.100. The van der Waals surface area contributed by atoms with Crippen LogP contribution >= 0.6 is 0 Å². The molecule has 1 saturated heterocycles. The average Bonchev–Trinajstić information content (AvgIpc) is 2.61. The molecule has 0 atom stereocenters. The molecule has 2 aliphatic rings. The van der Waals surface area contributed by atoms with E-state index >= 15 is 0 Å². The second kappa shape index (κ2) is 2.20. The molecule has 0 aromatic rings. The quantitative estimate of drug-likeness (QED) is 0.660. The van der Waals surface area contributed by atoms with Crippen molar-refractivity contribution in [2.24, 2.45) is 5.41 Å². The summed E-state index contributed by atoms with van der Waals surface area (Å²) in [6.45, 7) is 7.60. The van der Waals surface area contributed by atoms with Gasteiger partial charge in [0.1, 0.15) is 0 Å². The summed E-state index contributed by atoms with van der Waals surface area (Å²) >= 11 is 0. The number of hydrogen-bond donors (Lipinski definition) is 1. The van der Waals surface area contributed by atoms with Crippen molar-refractivity contribution in [1.82, 2.24) is 5.32 Å². The lowest BCUT2D eigenvalue weighted by Gasteiger charge is -2.39. The minimum Gasteiger partial charge on any atom is -0.380 e. The maximum atomic E-state index is 5.18. The molecule has 0 radical (unpaired) electrons. The first-order valence-electron chi connectivity index (χ1n) is 4.45. The van der Waals surface area contributed by atoms with Crippen LogP contribution in [0.1, 0.15) is 26.7 Å². The molecular weight excluding hydrogens is 138 g/mol. The first-order chi connectivity index (χ1) is 5.12. The Morgan fingerprint density at radius 3 is 2.27 bits per heavy atom. The van der Waals surface area contributed by atoms with Gasteiger partial charge in [-0.15, -0.1) is 0 Å². The van der Waals surface area contributed by atoms with Crippen molar-refractivity contribution in [2.45, 2.75) is 32.2 Å². The minimum absolute atomic E-state index is 0.436. The number of ether oxygens (including phenoxy) is 1. The first-order valence-corrected chi connectivity index (χ1v) is 4.45. The highest BCUT2D eigenvalue weighted by molar-refractivity contribution is 4.99. The Bertz CT molecular complexity index is 159. The molecule has 2 nitrogen and oxygen atoms in total. The third-order valence-corrected chi connectivity index (χ3v) is 2.84. The lowest BCUT2D eigenvalue weighted by Crippen LogP contribution is -2.49. The average molecular weight is 155 g/mol. The summed E-state index contributed by atoms with van der Waals surface area (Å²) in [5.41, 5.74) is 0.921. The van der Waals surface area contributed by atoms with Crippen molar-refractivity contribution >= 4 is 0 Å². The van der Waals surface area contributed by atoms with Gasteiger partial charge >= 0.3 is 0 Å². The van der Waals surface area contributed by atoms with E-state index in [9.17, 15) is 0 Å².